The Morgan fingerprint density at radius 2 is 2.44 bits per heavy atom. The number of piperazine rings is 1. The van der Waals surface area contributed by atoms with E-state index in [1.807, 2.05) is 17.9 Å². The third kappa shape index (κ3) is 2.27. The summed E-state index contributed by atoms with van der Waals surface area (Å²) >= 11 is 0. The molecule has 4 nitrogen and oxygen atoms in total. The molecule has 88 valence electrons. The summed E-state index contributed by atoms with van der Waals surface area (Å²) in [5, 5.41) is 3.31. The van der Waals surface area contributed by atoms with Crippen molar-refractivity contribution < 1.29 is 9.21 Å². The van der Waals surface area contributed by atoms with Crippen molar-refractivity contribution in [2.24, 2.45) is 0 Å². The van der Waals surface area contributed by atoms with Gasteiger partial charge in [-0.2, -0.15) is 0 Å². The van der Waals surface area contributed by atoms with Crippen LogP contribution in [0.2, 0.25) is 0 Å². The van der Waals surface area contributed by atoms with Gasteiger partial charge in [0.05, 0.1) is 0 Å². The minimum atomic E-state index is 0.00745. The number of nitrogens with one attached hydrogen (secondary N) is 1. The molecule has 0 aliphatic carbocycles. The average Bonchev–Trinajstić information content (AvgIpc) is 2.76. The second-order valence-corrected chi connectivity index (χ2v) is 4.23. The van der Waals surface area contributed by atoms with Gasteiger partial charge in [0.2, 0.25) is 0 Å². The summed E-state index contributed by atoms with van der Waals surface area (Å²) in [6.45, 7) is 6.46. The molecule has 4 heteroatoms. The minimum absolute atomic E-state index is 0.00745. The zero-order chi connectivity index (χ0) is 11.5. The van der Waals surface area contributed by atoms with Gasteiger partial charge in [0.25, 0.3) is 5.91 Å². The Labute approximate surface area is 95.6 Å². The molecule has 0 unspecified atom stereocenters. The van der Waals surface area contributed by atoms with Gasteiger partial charge in [-0.1, -0.05) is 6.92 Å². The quantitative estimate of drug-likeness (QED) is 0.819. The molecule has 1 aliphatic heterocycles. The van der Waals surface area contributed by atoms with Crippen LogP contribution >= 0.6 is 0 Å². The number of nitrogens with zero attached hydrogens (tertiary/aromatic N) is 1. The first-order chi connectivity index (χ1) is 7.70. The van der Waals surface area contributed by atoms with Gasteiger partial charge in [0.15, 0.2) is 5.76 Å². The van der Waals surface area contributed by atoms with Crippen LogP contribution in [0.25, 0.3) is 0 Å². The lowest BCUT2D eigenvalue weighted by atomic mass is 10.2. The van der Waals surface area contributed by atoms with Crippen molar-refractivity contribution in [3.05, 3.63) is 23.7 Å². The Kier molecular flexibility index (Phi) is 3.29. The number of hydrogen-bond acceptors (Lipinski definition) is 3. The zero-order valence-corrected chi connectivity index (χ0v) is 9.82. The molecular formula is C12H18N2O2. The maximum absolute atomic E-state index is 12.1. The molecule has 1 saturated heterocycles. The molecule has 1 fully saturated rings. The van der Waals surface area contributed by atoms with E-state index in [-0.39, 0.29) is 5.91 Å². The number of carbonyl (C=O) groups is 1. The second kappa shape index (κ2) is 4.70. The third-order valence-corrected chi connectivity index (χ3v) is 2.88. The highest BCUT2D eigenvalue weighted by atomic mass is 16.4. The fourth-order valence-electron chi connectivity index (χ4n) is 1.96. The molecule has 0 radical (unpaired) electrons. The smallest absolute Gasteiger partial charge is 0.289 e. The lowest BCUT2D eigenvalue weighted by Crippen LogP contribution is -2.51. The van der Waals surface area contributed by atoms with Gasteiger partial charge in [0, 0.05) is 32.1 Å². The molecule has 1 aromatic heterocycles. The van der Waals surface area contributed by atoms with Crippen molar-refractivity contribution in [2.45, 2.75) is 26.3 Å². The number of furan rings is 1. The van der Waals surface area contributed by atoms with Crippen LogP contribution in [0.5, 0.6) is 0 Å². The molecule has 2 rings (SSSR count). The third-order valence-electron chi connectivity index (χ3n) is 2.88. The fraction of sp³-hybridized carbons (Fsp3) is 0.583. The van der Waals surface area contributed by atoms with Crippen LogP contribution in [0.4, 0.5) is 0 Å². The van der Waals surface area contributed by atoms with Gasteiger partial charge in [0.1, 0.15) is 5.76 Å². The Hall–Kier alpha value is -1.29. The molecule has 16 heavy (non-hydrogen) atoms. The van der Waals surface area contributed by atoms with Gasteiger partial charge in [-0.25, -0.2) is 0 Å². The molecular weight excluding hydrogens is 204 g/mol. The summed E-state index contributed by atoms with van der Waals surface area (Å²) in [5.74, 6) is 1.34. The SMILES string of the molecule is CCc1ccc(C(=O)N2CCN[C@@H](C)C2)o1. The lowest BCUT2D eigenvalue weighted by Gasteiger charge is -2.31. The van der Waals surface area contributed by atoms with Gasteiger partial charge in [-0.05, 0) is 19.1 Å². The maximum Gasteiger partial charge on any atom is 0.289 e. The van der Waals surface area contributed by atoms with Crippen LogP contribution in [0.3, 0.4) is 0 Å². The van der Waals surface area contributed by atoms with E-state index in [0.717, 1.165) is 31.8 Å². The number of hydrogen-bond donors (Lipinski definition) is 1. The summed E-state index contributed by atoms with van der Waals surface area (Å²) in [7, 11) is 0. The van der Waals surface area contributed by atoms with Crippen LogP contribution in [0.1, 0.15) is 30.2 Å². The van der Waals surface area contributed by atoms with Crippen molar-refractivity contribution in [3.8, 4) is 0 Å². The van der Waals surface area contributed by atoms with Gasteiger partial charge in [-0.3, -0.25) is 4.79 Å². The van der Waals surface area contributed by atoms with E-state index >= 15 is 0 Å². The Morgan fingerprint density at radius 3 is 3.06 bits per heavy atom. The van der Waals surface area contributed by atoms with E-state index in [4.69, 9.17) is 4.42 Å². The molecule has 1 aliphatic rings. The lowest BCUT2D eigenvalue weighted by molar-refractivity contribution is 0.0675. The maximum atomic E-state index is 12.1. The van der Waals surface area contributed by atoms with E-state index < -0.39 is 0 Å². The second-order valence-electron chi connectivity index (χ2n) is 4.23. The Morgan fingerprint density at radius 1 is 1.62 bits per heavy atom. The molecule has 1 atom stereocenters. The first-order valence-corrected chi connectivity index (χ1v) is 5.82. The highest BCUT2D eigenvalue weighted by Gasteiger charge is 2.23. The summed E-state index contributed by atoms with van der Waals surface area (Å²) in [4.78, 5) is 13.9. The number of rotatable bonds is 2. The normalized spacial score (nSPS) is 21.1. The molecule has 0 saturated carbocycles. The molecule has 1 aromatic rings. The predicted octanol–water partition coefficient (Wildman–Crippen LogP) is 1.28. The zero-order valence-electron chi connectivity index (χ0n) is 9.82. The van der Waals surface area contributed by atoms with Gasteiger partial charge < -0.3 is 14.6 Å². The van der Waals surface area contributed by atoms with Crippen molar-refractivity contribution in [2.75, 3.05) is 19.6 Å². The Bertz CT molecular complexity index is 373. The minimum Gasteiger partial charge on any atom is -0.456 e. The highest BCUT2D eigenvalue weighted by Crippen LogP contribution is 2.12. The van der Waals surface area contributed by atoms with Crippen molar-refractivity contribution in [1.29, 1.82) is 0 Å². The van der Waals surface area contributed by atoms with Crippen LogP contribution in [0.15, 0.2) is 16.5 Å². The topological polar surface area (TPSA) is 45.5 Å². The summed E-state index contributed by atoms with van der Waals surface area (Å²) < 4.78 is 5.47. The predicted molar refractivity (Wildman–Crippen MR) is 61.5 cm³/mol. The molecule has 1 amide bonds. The fourth-order valence-corrected chi connectivity index (χ4v) is 1.96. The summed E-state index contributed by atoms with van der Waals surface area (Å²) in [5.41, 5.74) is 0. The van der Waals surface area contributed by atoms with E-state index in [9.17, 15) is 4.79 Å². The first kappa shape index (κ1) is 11.2. The van der Waals surface area contributed by atoms with E-state index in [2.05, 4.69) is 12.2 Å². The van der Waals surface area contributed by atoms with Crippen molar-refractivity contribution in [1.82, 2.24) is 10.2 Å². The van der Waals surface area contributed by atoms with E-state index in [0.29, 0.717) is 11.8 Å². The standard InChI is InChI=1S/C12H18N2O2/c1-3-10-4-5-11(16-10)12(15)14-7-6-13-9(2)8-14/h4-5,9,13H,3,6-8H2,1-2H3/t9-/m0/s1. The number of carbonyl (C=O) groups excluding carboxylic acids is 1. The number of amides is 1. The first-order valence-electron chi connectivity index (χ1n) is 5.82. The molecule has 0 spiro atoms. The van der Waals surface area contributed by atoms with Crippen LogP contribution in [0, 0.1) is 0 Å². The summed E-state index contributed by atoms with van der Waals surface area (Å²) in [6, 6.07) is 4.01. The van der Waals surface area contributed by atoms with Crippen LogP contribution < -0.4 is 5.32 Å². The average molecular weight is 222 g/mol. The molecule has 0 aromatic carbocycles. The molecule has 0 bridgehead atoms. The Balaban J connectivity index is 2.06. The van der Waals surface area contributed by atoms with Gasteiger partial charge >= 0.3 is 0 Å². The molecule has 1 N–H and O–H groups in total. The largest absolute Gasteiger partial charge is 0.456 e. The van der Waals surface area contributed by atoms with E-state index in [1.54, 1.807) is 6.07 Å². The monoisotopic (exact) mass is 222 g/mol. The van der Waals surface area contributed by atoms with Crippen LogP contribution in [-0.4, -0.2) is 36.5 Å². The highest BCUT2D eigenvalue weighted by molar-refractivity contribution is 5.91. The number of aryl methyl sites for hydroxylation is 1. The van der Waals surface area contributed by atoms with Gasteiger partial charge in [-0.15, -0.1) is 0 Å². The van der Waals surface area contributed by atoms with Crippen LogP contribution in [-0.2, 0) is 6.42 Å². The van der Waals surface area contributed by atoms with Crippen molar-refractivity contribution >= 4 is 5.91 Å². The van der Waals surface area contributed by atoms with Crippen molar-refractivity contribution in [3.63, 3.8) is 0 Å². The van der Waals surface area contributed by atoms with E-state index in [1.165, 1.54) is 0 Å². The summed E-state index contributed by atoms with van der Waals surface area (Å²) in [6.07, 6.45) is 0.825. The molecule has 2 heterocycles.